The Morgan fingerprint density at radius 3 is 2.50 bits per heavy atom. The predicted molar refractivity (Wildman–Crippen MR) is 58.0 cm³/mol. The molecule has 1 aromatic carbocycles. The summed E-state index contributed by atoms with van der Waals surface area (Å²) < 4.78 is 26.2. The molecule has 0 fully saturated rings. The van der Waals surface area contributed by atoms with Gasteiger partial charge in [0.05, 0.1) is 16.6 Å². The summed E-state index contributed by atoms with van der Waals surface area (Å²) in [4.78, 5) is 21.8. The van der Waals surface area contributed by atoms with Gasteiger partial charge in [-0.15, -0.1) is 0 Å². The summed E-state index contributed by atoms with van der Waals surface area (Å²) in [6.45, 7) is 1.23. The number of hydrogen-bond acceptors (Lipinski definition) is 2. The van der Waals surface area contributed by atoms with Gasteiger partial charge in [-0.1, -0.05) is 0 Å². The highest BCUT2D eigenvalue weighted by Gasteiger charge is 2.12. The maximum absolute atomic E-state index is 13.2. The van der Waals surface area contributed by atoms with Crippen LogP contribution in [0.4, 0.5) is 14.5 Å². The van der Waals surface area contributed by atoms with E-state index in [-0.39, 0.29) is 22.4 Å². The van der Waals surface area contributed by atoms with Gasteiger partial charge < -0.3 is 5.32 Å². The Hall–Kier alpha value is -1.30. The molecule has 0 heterocycles. The minimum absolute atomic E-state index is 0.0328. The molecule has 0 aliphatic rings. The number of amides is 1. The normalized spacial score (nSPS) is 10.0. The van der Waals surface area contributed by atoms with Crippen molar-refractivity contribution in [2.24, 2.45) is 0 Å². The maximum Gasteiger partial charge on any atom is 0.231 e. The van der Waals surface area contributed by atoms with E-state index in [1.165, 1.54) is 6.92 Å². The van der Waals surface area contributed by atoms with Crippen molar-refractivity contribution in [3.05, 3.63) is 28.2 Å². The number of hydrogen-bond donors (Lipinski definition) is 1. The average molecular weight is 292 g/mol. The van der Waals surface area contributed by atoms with Crippen molar-refractivity contribution in [1.29, 1.82) is 0 Å². The number of nitrogens with one attached hydrogen (secondary N) is 1. The van der Waals surface area contributed by atoms with Crippen molar-refractivity contribution in [2.45, 2.75) is 13.3 Å². The lowest BCUT2D eigenvalue weighted by Gasteiger charge is -2.06. The largest absolute Gasteiger partial charge is 0.323 e. The fraction of sp³-hybridized carbons (Fsp3) is 0.200. The van der Waals surface area contributed by atoms with Gasteiger partial charge in [-0.3, -0.25) is 9.59 Å². The fourth-order valence-electron chi connectivity index (χ4n) is 1.04. The number of ketones is 1. The molecule has 1 N–H and O–H groups in total. The van der Waals surface area contributed by atoms with Crippen LogP contribution < -0.4 is 5.32 Å². The van der Waals surface area contributed by atoms with Crippen LogP contribution >= 0.6 is 15.9 Å². The van der Waals surface area contributed by atoms with E-state index in [2.05, 4.69) is 21.2 Å². The fourth-order valence-corrected chi connectivity index (χ4v) is 1.35. The first kappa shape index (κ1) is 12.8. The van der Waals surface area contributed by atoms with Crippen molar-refractivity contribution in [3.63, 3.8) is 0 Å². The lowest BCUT2D eigenvalue weighted by atomic mass is 10.2. The molecule has 86 valence electrons. The molecule has 0 spiro atoms. The van der Waals surface area contributed by atoms with Gasteiger partial charge in [0.15, 0.2) is 0 Å². The van der Waals surface area contributed by atoms with E-state index in [0.717, 1.165) is 12.1 Å². The Labute approximate surface area is 99.0 Å². The van der Waals surface area contributed by atoms with E-state index in [1.54, 1.807) is 0 Å². The van der Waals surface area contributed by atoms with E-state index in [4.69, 9.17) is 0 Å². The first-order valence-corrected chi connectivity index (χ1v) is 5.13. The summed E-state index contributed by atoms with van der Waals surface area (Å²) in [6.07, 6.45) is -0.364. The van der Waals surface area contributed by atoms with Crippen molar-refractivity contribution in [2.75, 3.05) is 5.32 Å². The molecule has 0 aromatic heterocycles. The van der Waals surface area contributed by atoms with Gasteiger partial charge in [-0.25, -0.2) is 8.78 Å². The summed E-state index contributed by atoms with van der Waals surface area (Å²) >= 11 is 2.80. The Bertz CT molecular complexity index is 449. The van der Waals surface area contributed by atoms with E-state index in [9.17, 15) is 18.4 Å². The number of benzene rings is 1. The summed E-state index contributed by atoms with van der Waals surface area (Å²) in [7, 11) is 0. The van der Waals surface area contributed by atoms with Gasteiger partial charge in [0.2, 0.25) is 5.91 Å². The Balaban J connectivity index is 2.85. The van der Waals surface area contributed by atoms with Gasteiger partial charge >= 0.3 is 0 Å². The van der Waals surface area contributed by atoms with Crippen molar-refractivity contribution in [3.8, 4) is 0 Å². The first-order chi connectivity index (χ1) is 7.40. The van der Waals surface area contributed by atoms with Crippen LogP contribution in [0.5, 0.6) is 0 Å². The van der Waals surface area contributed by atoms with Crippen molar-refractivity contribution in [1.82, 2.24) is 0 Å². The molecule has 0 atom stereocenters. The number of Topliss-reactive ketones (excluding diaryl/α,β-unsaturated/α-hetero) is 1. The predicted octanol–water partition coefficient (Wildman–Crippen LogP) is 2.64. The third kappa shape index (κ3) is 3.37. The number of carbonyl (C=O) groups is 2. The van der Waals surface area contributed by atoms with Crippen LogP contribution in [0, 0.1) is 11.6 Å². The zero-order valence-electron chi connectivity index (χ0n) is 8.31. The standard InChI is InChI=1S/C10H8BrF2NO2/c1-5(15)2-10(16)14-9-4-7(12)6(11)3-8(9)13/h3-4H,2H2,1H3,(H,14,16). The average Bonchev–Trinajstić information content (AvgIpc) is 2.12. The molecule has 0 bridgehead atoms. The lowest BCUT2D eigenvalue weighted by molar-refractivity contribution is -0.124. The highest BCUT2D eigenvalue weighted by atomic mass is 79.9. The minimum Gasteiger partial charge on any atom is -0.323 e. The molecule has 0 radical (unpaired) electrons. The van der Waals surface area contributed by atoms with E-state index < -0.39 is 17.5 Å². The van der Waals surface area contributed by atoms with Crippen LogP contribution in [-0.2, 0) is 9.59 Å². The molecule has 16 heavy (non-hydrogen) atoms. The van der Waals surface area contributed by atoms with Crippen LogP contribution in [0.3, 0.4) is 0 Å². The second kappa shape index (κ2) is 5.16. The monoisotopic (exact) mass is 291 g/mol. The van der Waals surface area contributed by atoms with E-state index >= 15 is 0 Å². The molecule has 0 unspecified atom stereocenters. The van der Waals surface area contributed by atoms with Crippen molar-refractivity contribution >= 4 is 33.3 Å². The smallest absolute Gasteiger partial charge is 0.231 e. The van der Waals surface area contributed by atoms with Crippen LogP contribution in [0.25, 0.3) is 0 Å². The molecule has 0 aliphatic carbocycles. The summed E-state index contributed by atoms with van der Waals surface area (Å²) in [5, 5.41) is 2.11. The molecule has 6 heteroatoms. The van der Waals surface area contributed by atoms with Gasteiger partial charge in [-0.2, -0.15) is 0 Å². The second-order valence-electron chi connectivity index (χ2n) is 3.17. The maximum atomic E-state index is 13.2. The summed E-state index contributed by atoms with van der Waals surface area (Å²) in [6, 6.07) is 1.75. The quantitative estimate of drug-likeness (QED) is 0.687. The Morgan fingerprint density at radius 1 is 1.31 bits per heavy atom. The Morgan fingerprint density at radius 2 is 1.94 bits per heavy atom. The van der Waals surface area contributed by atoms with Gasteiger partial charge in [0.1, 0.15) is 17.4 Å². The molecule has 1 rings (SSSR count). The summed E-state index contributed by atoms with van der Waals surface area (Å²) in [5.41, 5.74) is -0.285. The molecule has 0 saturated heterocycles. The molecule has 0 saturated carbocycles. The Kier molecular flexibility index (Phi) is 4.12. The highest BCUT2D eigenvalue weighted by molar-refractivity contribution is 9.10. The SMILES string of the molecule is CC(=O)CC(=O)Nc1cc(F)c(Br)cc1F. The molecule has 3 nitrogen and oxygen atoms in total. The summed E-state index contributed by atoms with van der Waals surface area (Å²) in [5.74, 6) is -2.49. The highest BCUT2D eigenvalue weighted by Crippen LogP contribution is 2.23. The van der Waals surface area contributed by atoms with Crippen LogP contribution in [0.1, 0.15) is 13.3 Å². The molecular weight excluding hydrogens is 284 g/mol. The van der Waals surface area contributed by atoms with Crippen LogP contribution in [0.2, 0.25) is 0 Å². The van der Waals surface area contributed by atoms with Gasteiger partial charge in [0.25, 0.3) is 0 Å². The number of halogens is 3. The zero-order chi connectivity index (χ0) is 12.3. The number of rotatable bonds is 3. The topological polar surface area (TPSA) is 46.2 Å². The number of carbonyl (C=O) groups excluding carboxylic acids is 2. The second-order valence-corrected chi connectivity index (χ2v) is 4.03. The number of anilines is 1. The van der Waals surface area contributed by atoms with E-state index in [1.807, 2.05) is 0 Å². The van der Waals surface area contributed by atoms with Crippen LogP contribution in [0.15, 0.2) is 16.6 Å². The van der Waals surface area contributed by atoms with Gasteiger partial charge in [-0.05, 0) is 28.9 Å². The van der Waals surface area contributed by atoms with Crippen LogP contribution in [-0.4, -0.2) is 11.7 Å². The lowest BCUT2D eigenvalue weighted by Crippen LogP contribution is -2.15. The first-order valence-electron chi connectivity index (χ1n) is 4.34. The zero-order valence-corrected chi connectivity index (χ0v) is 9.90. The minimum atomic E-state index is -0.773. The molecule has 1 aromatic rings. The van der Waals surface area contributed by atoms with Gasteiger partial charge in [0, 0.05) is 6.07 Å². The third-order valence-corrected chi connectivity index (χ3v) is 2.30. The molecular formula is C10H8BrF2NO2. The van der Waals surface area contributed by atoms with Crippen molar-refractivity contribution < 1.29 is 18.4 Å². The third-order valence-electron chi connectivity index (χ3n) is 1.69. The molecule has 0 aliphatic heterocycles. The van der Waals surface area contributed by atoms with E-state index in [0.29, 0.717) is 0 Å². The molecule has 1 amide bonds.